The maximum Gasteiger partial charge on any atom is -0.00461 e. The van der Waals surface area contributed by atoms with E-state index in [1.807, 2.05) is 0 Å². The Morgan fingerprint density at radius 2 is 1.80 bits per heavy atom. The van der Waals surface area contributed by atoms with Crippen molar-refractivity contribution in [2.75, 3.05) is 6.54 Å². The van der Waals surface area contributed by atoms with Gasteiger partial charge in [0.2, 0.25) is 0 Å². The minimum absolute atomic E-state index is 0.857. The van der Waals surface area contributed by atoms with Crippen molar-refractivity contribution in [3.05, 3.63) is 0 Å². The third-order valence-electron chi connectivity index (χ3n) is 5.04. The standard InChI is InChI=1S/C14H27N/c1-2-11-7-8-13(10-15)14(9-11)12-5-3-4-6-12/h11-14H,2-10,15H2,1H3. The molecule has 0 saturated heterocycles. The molecule has 2 rings (SSSR count). The molecule has 2 aliphatic carbocycles. The second-order valence-electron chi connectivity index (χ2n) is 5.79. The Bertz CT molecular complexity index is 182. The minimum Gasteiger partial charge on any atom is -0.330 e. The average molecular weight is 209 g/mol. The third-order valence-corrected chi connectivity index (χ3v) is 5.04. The van der Waals surface area contributed by atoms with Gasteiger partial charge in [0.25, 0.3) is 0 Å². The Labute approximate surface area is 94.8 Å². The molecule has 2 fully saturated rings. The van der Waals surface area contributed by atoms with E-state index in [2.05, 4.69) is 6.92 Å². The molecule has 0 aromatic carbocycles. The van der Waals surface area contributed by atoms with E-state index >= 15 is 0 Å². The zero-order valence-electron chi connectivity index (χ0n) is 10.3. The molecule has 0 amide bonds. The maximum atomic E-state index is 5.95. The summed E-state index contributed by atoms with van der Waals surface area (Å²) in [7, 11) is 0. The first-order chi connectivity index (χ1) is 7.35. The number of rotatable bonds is 3. The lowest BCUT2D eigenvalue weighted by Gasteiger charge is -2.39. The Balaban J connectivity index is 1.96. The van der Waals surface area contributed by atoms with E-state index in [1.165, 1.54) is 51.4 Å². The molecule has 0 spiro atoms. The summed E-state index contributed by atoms with van der Waals surface area (Å²) in [6.07, 6.45) is 11.7. The smallest absolute Gasteiger partial charge is 0.00461 e. The lowest BCUT2D eigenvalue weighted by atomic mass is 9.67. The van der Waals surface area contributed by atoms with E-state index in [0.717, 1.165) is 30.2 Å². The number of nitrogens with two attached hydrogens (primary N) is 1. The van der Waals surface area contributed by atoms with Gasteiger partial charge in [-0.2, -0.15) is 0 Å². The van der Waals surface area contributed by atoms with Gasteiger partial charge in [-0.1, -0.05) is 45.4 Å². The highest BCUT2D eigenvalue weighted by atomic mass is 14.6. The monoisotopic (exact) mass is 209 g/mol. The van der Waals surface area contributed by atoms with Gasteiger partial charge in [0, 0.05) is 0 Å². The summed E-state index contributed by atoms with van der Waals surface area (Å²) in [5, 5.41) is 0. The minimum atomic E-state index is 0.857. The summed E-state index contributed by atoms with van der Waals surface area (Å²) in [6, 6.07) is 0. The van der Waals surface area contributed by atoms with Crippen LogP contribution in [0.4, 0.5) is 0 Å². The second-order valence-corrected chi connectivity index (χ2v) is 5.79. The van der Waals surface area contributed by atoms with Crippen LogP contribution < -0.4 is 5.73 Å². The predicted molar refractivity (Wildman–Crippen MR) is 65.6 cm³/mol. The van der Waals surface area contributed by atoms with Gasteiger partial charge in [0.15, 0.2) is 0 Å². The molecule has 1 heteroatoms. The molecule has 0 radical (unpaired) electrons. The Morgan fingerprint density at radius 1 is 1.07 bits per heavy atom. The van der Waals surface area contributed by atoms with Crippen LogP contribution in [0.15, 0.2) is 0 Å². The molecular formula is C14H27N. The molecule has 0 aliphatic heterocycles. The zero-order valence-corrected chi connectivity index (χ0v) is 10.3. The van der Waals surface area contributed by atoms with Crippen molar-refractivity contribution >= 4 is 0 Å². The van der Waals surface area contributed by atoms with Gasteiger partial charge in [0.1, 0.15) is 0 Å². The van der Waals surface area contributed by atoms with Gasteiger partial charge in [-0.15, -0.1) is 0 Å². The second kappa shape index (κ2) is 5.34. The van der Waals surface area contributed by atoms with E-state index in [1.54, 1.807) is 0 Å². The summed E-state index contributed by atoms with van der Waals surface area (Å²) >= 11 is 0. The molecule has 0 aromatic heterocycles. The van der Waals surface area contributed by atoms with Crippen LogP contribution in [-0.4, -0.2) is 6.54 Å². The summed E-state index contributed by atoms with van der Waals surface area (Å²) in [4.78, 5) is 0. The van der Waals surface area contributed by atoms with E-state index in [-0.39, 0.29) is 0 Å². The van der Waals surface area contributed by atoms with Crippen molar-refractivity contribution in [1.82, 2.24) is 0 Å². The highest BCUT2D eigenvalue weighted by Gasteiger charge is 2.35. The van der Waals surface area contributed by atoms with Crippen LogP contribution in [0.2, 0.25) is 0 Å². The molecule has 88 valence electrons. The SMILES string of the molecule is CCC1CCC(CN)C(C2CCCC2)C1. The molecule has 0 heterocycles. The van der Waals surface area contributed by atoms with Gasteiger partial charge in [-0.05, 0) is 43.1 Å². The van der Waals surface area contributed by atoms with E-state index in [4.69, 9.17) is 5.73 Å². The van der Waals surface area contributed by atoms with Crippen molar-refractivity contribution in [2.45, 2.75) is 58.3 Å². The molecule has 2 N–H and O–H groups in total. The highest BCUT2D eigenvalue weighted by molar-refractivity contribution is 4.86. The Hall–Kier alpha value is -0.0400. The first kappa shape index (κ1) is 11.4. The van der Waals surface area contributed by atoms with Crippen LogP contribution in [0.25, 0.3) is 0 Å². The maximum absolute atomic E-state index is 5.95. The Morgan fingerprint density at radius 3 is 2.40 bits per heavy atom. The molecule has 2 saturated carbocycles. The van der Waals surface area contributed by atoms with Crippen molar-refractivity contribution in [3.63, 3.8) is 0 Å². The molecular weight excluding hydrogens is 182 g/mol. The summed E-state index contributed by atoms with van der Waals surface area (Å²) in [5.41, 5.74) is 5.95. The van der Waals surface area contributed by atoms with Gasteiger partial charge in [-0.3, -0.25) is 0 Å². The molecule has 1 nitrogen and oxygen atoms in total. The van der Waals surface area contributed by atoms with Crippen LogP contribution in [0.1, 0.15) is 58.3 Å². The fourth-order valence-electron chi connectivity index (χ4n) is 3.99. The largest absolute Gasteiger partial charge is 0.330 e. The molecule has 3 unspecified atom stereocenters. The molecule has 0 bridgehead atoms. The summed E-state index contributed by atoms with van der Waals surface area (Å²) < 4.78 is 0. The van der Waals surface area contributed by atoms with Gasteiger partial charge >= 0.3 is 0 Å². The fraction of sp³-hybridized carbons (Fsp3) is 1.00. The zero-order chi connectivity index (χ0) is 10.7. The van der Waals surface area contributed by atoms with E-state index < -0.39 is 0 Å². The highest BCUT2D eigenvalue weighted by Crippen LogP contribution is 2.44. The topological polar surface area (TPSA) is 26.0 Å². The normalized spacial score (nSPS) is 38.4. The molecule has 15 heavy (non-hydrogen) atoms. The quantitative estimate of drug-likeness (QED) is 0.755. The van der Waals surface area contributed by atoms with Gasteiger partial charge in [-0.25, -0.2) is 0 Å². The lowest BCUT2D eigenvalue weighted by molar-refractivity contribution is 0.124. The van der Waals surface area contributed by atoms with Crippen LogP contribution in [-0.2, 0) is 0 Å². The fourth-order valence-corrected chi connectivity index (χ4v) is 3.99. The molecule has 2 aliphatic rings. The summed E-state index contributed by atoms with van der Waals surface area (Å²) in [6.45, 7) is 3.30. The molecule has 3 atom stereocenters. The van der Waals surface area contributed by atoms with Crippen LogP contribution in [0.5, 0.6) is 0 Å². The van der Waals surface area contributed by atoms with Crippen molar-refractivity contribution < 1.29 is 0 Å². The lowest BCUT2D eigenvalue weighted by Crippen LogP contribution is -2.34. The average Bonchev–Trinajstić information content (AvgIpc) is 2.81. The van der Waals surface area contributed by atoms with Crippen molar-refractivity contribution in [3.8, 4) is 0 Å². The first-order valence-electron chi connectivity index (χ1n) is 7.05. The van der Waals surface area contributed by atoms with E-state index in [0.29, 0.717) is 0 Å². The predicted octanol–water partition coefficient (Wildman–Crippen LogP) is 3.58. The van der Waals surface area contributed by atoms with Gasteiger partial charge in [0.05, 0.1) is 0 Å². The number of hydrogen-bond donors (Lipinski definition) is 1. The van der Waals surface area contributed by atoms with Crippen LogP contribution in [0, 0.1) is 23.7 Å². The third kappa shape index (κ3) is 2.55. The van der Waals surface area contributed by atoms with Crippen molar-refractivity contribution in [2.24, 2.45) is 29.4 Å². The summed E-state index contributed by atoms with van der Waals surface area (Å²) in [5.74, 6) is 3.89. The Kier molecular flexibility index (Phi) is 4.07. The first-order valence-corrected chi connectivity index (χ1v) is 7.05. The van der Waals surface area contributed by atoms with Gasteiger partial charge < -0.3 is 5.73 Å². The molecule has 0 aromatic rings. The van der Waals surface area contributed by atoms with Crippen LogP contribution in [0.3, 0.4) is 0 Å². The number of hydrogen-bond acceptors (Lipinski definition) is 1. The van der Waals surface area contributed by atoms with Crippen molar-refractivity contribution in [1.29, 1.82) is 0 Å². The van der Waals surface area contributed by atoms with Crippen LogP contribution >= 0.6 is 0 Å². The van der Waals surface area contributed by atoms with E-state index in [9.17, 15) is 0 Å².